The van der Waals surface area contributed by atoms with E-state index in [4.69, 9.17) is 11.6 Å². The predicted octanol–water partition coefficient (Wildman–Crippen LogP) is 3.09. The van der Waals surface area contributed by atoms with Gasteiger partial charge in [0.25, 0.3) is 5.91 Å². The summed E-state index contributed by atoms with van der Waals surface area (Å²) in [7, 11) is 0. The number of benzene rings is 2. The van der Waals surface area contributed by atoms with Crippen molar-refractivity contribution in [3.63, 3.8) is 0 Å². The van der Waals surface area contributed by atoms with E-state index in [1.54, 1.807) is 47.4 Å². The maximum atomic E-state index is 12.7. The number of hydrogen-bond acceptors (Lipinski definition) is 4. The predicted molar refractivity (Wildman–Crippen MR) is 120 cm³/mol. The van der Waals surface area contributed by atoms with Crippen LogP contribution in [0.15, 0.2) is 48.5 Å². The van der Waals surface area contributed by atoms with Crippen LogP contribution in [0.3, 0.4) is 0 Å². The molecule has 0 unspecified atom stereocenters. The van der Waals surface area contributed by atoms with Crippen molar-refractivity contribution in [2.45, 2.75) is 12.8 Å². The minimum absolute atomic E-state index is 0.0496. The molecule has 0 bridgehead atoms. The molecule has 7 nitrogen and oxygen atoms in total. The van der Waals surface area contributed by atoms with Crippen LogP contribution in [0.2, 0.25) is 5.02 Å². The van der Waals surface area contributed by atoms with Gasteiger partial charge in [-0.1, -0.05) is 23.7 Å². The van der Waals surface area contributed by atoms with Gasteiger partial charge in [-0.2, -0.15) is 0 Å². The molecular formula is C23H25ClN4O3. The second kappa shape index (κ2) is 9.39. The third kappa shape index (κ3) is 5.35. The highest BCUT2D eigenvalue weighted by Crippen LogP contribution is 2.31. The van der Waals surface area contributed by atoms with Crippen LogP contribution in [0.4, 0.5) is 11.4 Å². The Bertz CT molecular complexity index is 967. The lowest BCUT2D eigenvalue weighted by molar-refractivity contribution is -0.139. The van der Waals surface area contributed by atoms with E-state index in [0.717, 1.165) is 12.8 Å². The smallest absolute Gasteiger partial charge is 0.257 e. The molecule has 2 aliphatic rings. The van der Waals surface area contributed by atoms with Gasteiger partial charge in [-0.15, -0.1) is 0 Å². The van der Waals surface area contributed by atoms with Crippen LogP contribution >= 0.6 is 11.6 Å². The lowest BCUT2D eigenvalue weighted by atomic mass is 10.1. The summed E-state index contributed by atoms with van der Waals surface area (Å²) in [4.78, 5) is 41.1. The van der Waals surface area contributed by atoms with E-state index in [0.29, 0.717) is 48.1 Å². The van der Waals surface area contributed by atoms with Crippen LogP contribution in [0, 0.1) is 5.92 Å². The number of nitrogens with one attached hydrogen (secondary N) is 2. The van der Waals surface area contributed by atoms with Gasteiger partial charge in [0.1, 0.15) is 0 Å². The molecular weight excluding hydrogens is 416 g/mol. The number of para-hydroxylation sites is 1. The van der Waals surface area contributed by atoms with E-state index in [1.807, 2.05) is 11.0 Å². The lowest BCUT2D eigenvalue weighted by Gasteiger charge is -2.35. The van der Waals surface area contributed by atoms with Crippen LogP contribution in [0.1, 0.15) is 23.2 Å². The second-order valence-corrected chi connectivity index (χ2v) is 8.28. The summed E-state index contributed by atoms with van der Waals surface area (Å²) in [6.07, 6.45) is 1.99. The van der Waals surface area contributed by atoms with Gasteiger partial charge in [-0.3, -0.25) is 14.4 Å². The highest BCUT2D eigenvalue weighted by Gasteiger charge is 2.35. The van der Waals surface area contributed by atoms with Crippen molar-refractivity contribution in [2.24, 2.45) is 5.92 Å². The summed E-state index contributed by atoms with van der Waals surface area (Å²) in [5.41, 5.74) is 1.67. The quantitative estimate of drug-likeness (QED) is 0.723. The number of anilines is 2. The van der Waals surface area contributed by atoms with Crippen molar-refractivity contribution < 1.29 is 14.4 Å². The minimum Gasteiger partial charge on any atom is -0.376 e. The largest absolute Gasteiger partial charge is 0.376 e. The summed E-state index contributed by atoms with van der Waals surface area (Å²) in [5.74, 6) is 0.113. The fourth-order valence-corrected chi connectivity index (χ4v) is 3.74. The van der Waals surface area contributed by atoms with E-state index in [9.17, 15) is 14.4 Å². The monoisotopic (exact) mass is 440 g/mol. The Morgan fingerprint density at radius 1 is 0.903 bits per heavy atom. The van der Waals surface area contributed by atoms with Crippen LogP contribution in [0.5, 0.6) is 0 Å². The first kappa shape index (κ1) is 21.2. The first-order valence-electron chi connectivity index (χ1n) is 10.5. The molecule has 1 saturated heterocycles. The zero-order valence-corrected chi connectivity index (χ0v) is 17.9. The van der Waals surface area contributed by atoms with E-state index in [2.05, 4.69) is 10.6 Å². The van der Waals surface area contributed by atoms with E-state index in [-0.39, 0.29) is 30.2 Å². The number of hydrogen-bond donors (Lipinski definition) is 2. The fourth-order valence-electron chi connectivity index (χ4n) is 3.61. The van der Waals surface area contributed by atoms with Crippen molar-refractivity contribution in [1.82, 2.24) is 9.80 Å². The van der Waals surface area contributed by atoms with Gasteiger partial charge >= 0.3 is 0 Å². The summed E-state index contributed by atoms with van der Waals surface area (Å²) in [5, 5.41) is 6.52. The molecule has 8 heteroatoms. The van der Waals surface area contributed by atoms with Crippen molar-refractivity contribution in [1.29, 1.82) is 0 Å². The number of carbonyl (C=O) groups excluding carboxylic acids is 3. The standard InChI is InChI=1S/C23H25ClN4O3/c24-17-7-9-18(10-8-17)26-22(30)19-3-1-2-4-20(19)25-15-21(29)27-11-13-28(14-12-27)23(31)16-5-6-16/h1-4,7-10,16,25H,5-6,11-15H2,(H,26,30). The molecule has 0 spiro atoms. The van der Waals surface area contributed by atoms with E-state index < -0.39 is 0 Å². The van der Waals surface area contributed by atoms with Gasteiger partial charge < -0.3 is 20.4 Å². The van der Waals surface area contributed by atoms with Crippen molar-refractivity contribution in [3.05, 3.63) is 59.1 Å². The Morgan fingerprint density at radius 3 is 2.23 bits per heavy atom. The maximum absolute atomic E-state index is 12.7. The number of carbonyl (C=O) groups is 3. The molecule has 1 aliphatic carbocycles. The summed E-state index contributed by atoms with van der Waals surface area (Å²) in [6, 6.07) is 13.9. The molecule has 4 rings (SSSR count). The average molecular weight is 441 g/mol. The summed E-state index contributed by atoms with van der Waals surface area (Å²) < 4.78 is 0. The fraction of sp³-hybridized carbons (Fsp3) is 0.348. The Hall–Kier alpha value is -3.06. The van der Waals surface area contributed by atoms with Crippen LogP contribution < -0.4 is 10.6 Å². The third-order valence-corrected chi connectivity index (χ3v) is 5.83. The van der Waals surface area contributed by atoms with Crippen molar-refractivity contribution in [2.75, 3.05) is 43.4 Å². The Balaban J connectivity index is 1.31. The Morgan fingerprint density at radius 2 is 1.55 bits per heavy atom. The molecule has 2 aromatic rings. The van der Waals surface area contributed by atoms with Gasteiger partial charge in [0.2, 0.25) is 11.8 Å². The minimum atomic E-state index is -0.273. The molecule has 0 aromatic heterocycles. The highest BCUT2D eigenvalue weighted by molar-refractivity contribution is 6.30. The van der Waals surface area contributed by atoms with Gasteiger partial charge in [0.15, 0.2) is 0 Å². The molecule has 1 aliphatic heterocycles. The van der Waals surface area contributed by atoms with Gasteiger partial charge in [-0.05, 0) is 49.2 Å². The Kier molecular flexibility index (Phi) is 6.42. The molecule has 162 valence electrons. The number of piperazine rings is 1. The number of halogens is 1. The summed E-state index contributed by atoms with van der Waals surface area (Å²) in [6.45, 7) is 2.33. The van der Waals surface area contributed by atoms with Crippen LogP contribution in [-0.4, -0.2) is 60.2 Å². The molecule has 2 aromatic carbocycles. The molecule has 1 heterocycles. The molecule has 3 amide bonds. The number of rotatable bonds is 6. The Labute approximate surface area is 186 Å². The number of nitrogens with zero attached hydrogens (tertiary/aromatic N) is 2. The molecule has 0 atom stereocenters. The lowest BCUT2D eigenvalue weighted by Crippen LogP contribution is -2.52. The van der Waals surface area contributed by atoms with Crippen LogP contribution in [-0.2, 0) is 9.59 Å². The van der Waals surface area contributed by atoms with Gasteiger partial charge in [0, 0.05) is 48.5 Å². The molecule has 2 N–H and O–H groups in total. The molecule has 2 fully saturated rings. The first-order valence-corrected chi connectivity index (χ1v) is 10.9. The number of amides is 3. The third-order valence-electron chi connectivity index (χ3n) is 5.57. The normalized spacial score (nSPS) is 16.0. The van der Waals surface area contributed by atoms with Crippen molar-refractivity contribution in [3.8, 4) is 0 Å². The molecule has 1 saturated carbocycles. The summed E-state index contributed by atoms with van der Waals surface area (Å²) >= 11 is 5.89. The van der Waals surface area contributed by atoms with Crippen molar-refractivity contribution >= 4 is 40.7 Å². The topological polar surface area (TPSA) is 81.8 Å². The highest BCUT2D eigenvalue weighted by atomic mass is 35.5. The van der Waals surface area contributed by atoms with E-state index >= 15 is 0 Å². The van der Waals surface area contributed by atoms with Crippen LogP contribution in [0.25, 0.3) is 0 Å². The molecule has 31 heavy (non-hydrogen) atoms. The SMILES string of the molecule is O=C(Nc1ccc(Cl)cc1)c1ccccc1NCC(=O)N1CCN(C(=O)C2CC2)CC1. The van der Waals surface area contributed by atoms with Gasteiger partial charge in [-0.25, -0.2) is 0 Å². The maximum Gasteiger partial charge on any atom is 0.257 e. The molecule has 0 radical (unpaired) electrons. The average Bonchev–Trinajstić information content (AvgIpc) is 3.64. The van der Waals surface area contributed by atoms with E-state index in [1.165, 1.54) is 0 Å². The second-order valence-electron chi connectivity index (χ2n) is 7.84. The van der Waals surface area contributed by atoms with Gasteiger partial charge in [0.05, 0.1) is 12.1 Å². The zero-order chi connectivity index (χ0) is 21.8. The zero-order valence-electron chi connectivity index (χ0n) is 17.1. The first-order chi connectivity index (χ1) is 15.0.